The van der Waals surface area contributed by atoms with Gasteiger partial charge in [-0.2, -0.15) is 0 Å². The number of ether oxygens (including phenoxy) is 3. The van der Waals surface area contributed by atoms with Gasteiger partial charge in [0.25, 0.3) is 0 Å². The molecule has 0 saturated heterocycles. The molecule has 5 heteroatoms. The standard InChI is InChI=1S/C24H30O5/c1-17(15-28-16-20-11-7-5-8-12-20)23(27-4)18(2)22(25)19(3)29-24(26)21-13-9-6-10-14-21/h5-14,17-19,23H,15-16H2,1-4H3/t17?,18?,19?,23-/m1/s1. The predicted molar refractivity (Wildman–Crippen MR) is 112 cm³/mol. The van der Waals surface area contributed by atoms with Crippen LogP contribution in [-0.4, -0.2) is 37.7 Å². The summed E-state index contributed by atoms with van der Waals surface area (Å²) in [5.41, 5.74) is 1.52. The molecule has 2 aromatic carbocycles. The lowest BCUT2D eigenvalue weighted by atomic mass is 9.88. The Bertz CT molecular complexity index is 759. The Labute approximate surface area is 173 Å². The van der Waals surface area contributed by atoms with E-state index in [-0.39, 0.29) is 17.8 Å². The van der Waals surface area contributed by atoms with E-state index in [0.29, 0.717) is 18.8 Å². The summed E-state index contributed by atoms with van der Waals surface area (Å²) in [6.07, 6.45) is -1.19. The Hall–Kier alpha value is -2.50. The molecule has 0 fully saturated rings. The first-order valence-electron chi connectivity index (χ1n) is 9.88. The van der Waals surface area contributed by atoms with Gasteiger partial charge in [0, 0.05) is 18.9 Å². The first-order chi connectivity index (χ1) is 13.9. The molecule has 0 N–H and O–H groups in total. The SMILES string of the molecule is CO[C@H](C(C)COCc1ccccc1)C(C)C(=O)C(C)OC(=O)c1ccccc1. The Kier molecular flexibility index (Phi) is 9.03. The van der Waals surface area contributed by atoms with Crippen molar-refractivity contribution in [3.63, 3.8) is 0 Å². The van der Waals surface area contributed by atoms with Gasteiger partial charge >= 0.3 is 5.97 Å². The van der Waals surface area contributed by atoms with Crippen molar-refractivity contribution in [3.05, 3.63) is 71.8 Å². The second-order valence-corrected chi connectivity index (χ2v) is 7.28. The van der Waals surface area contributed by atoms with Gasteiger partial charge in [-0.25, -0.2) is 4.79 Å². The highest BCUT2D eigenvalue weighted by molar-refractivity contribution is 5.93. The molecule has 0 heterocycles. The van der Waals surface area contributed by atoms with Gasteiger partial charge < -0.3 is 14.2 Å². The zero-order chi connectivity index (χ0) is 21.2. The van der Waals surface area contributed by atoms with Crippen molar-refractivity contribution in [3.8, 4) is 0 Å². The van der Waals surface area contributed by atoms with Gasteiger partial charge in [-0.1, -0.05) is 62.4 Å². The number of hydrogen-bond acceptors (Lipinski definition) is 5. The topological polar surface area (TPSA) is 61.8 Å². The number of esters is 1. The van der Waals surface area contributed by atoms with Crippen LogP contribution in [0.2, 0.25) is 0 Å². The van der Waals surface area contributed by atoms with Crippen LogP contribution in [0.1, 0.15) is 36.7 Å². The largest absolute Gasteiger partial charge is 0.451 e. The van der Waals surface area contributed by atoms with Gasteiger partial charge in [0.05, 0.1) is 24.9 Å². The Balaban J connectivity index is 1.88. The average molecular weight is 398 g/mol. The molecule has 0 spiro atoms. The van der Waals surface area contributed by atoms with Gasteiger partial charge in [0.1, 0.15) is 0 Å². The van der Waals surface area contributed by atoms with E-state index in [9.17, 15) is 9.59 Å². The average Bonchev–Trinajstić information content (AvgIpc) is 2.74. The van der Waals surface area contributed by atoms with Crippen molar-refractivity contribution < 1.29 is 23.8 Å². The number of rotatable bonds is 11. The van der Waals surface area contributed by atoms with Crippen LogP contribution < -0.4 is 0 Å². The van der Waals surface area contributed by atoms with Crippen molar-refractivity contribution in [2.45, 2.75) is 39.6 Å². The molecule has 0 aliphatic carbocycles. The fourth-order valence-corrected chi connectivity index (χ4v) is 3.35. The summed E-state index contributed by atoms with van der Waals surface area (Å²) in [5.74, 6) is -1.11. The molecule has 0 saturated carbocycles. The maximum absolute atomic E-state index is 12.8. The molecule has 2 aromatic rings. The Morgan fingerprint density at radius 2 is 1.48 bits per heavy atom. The molecular formula is C24H30O5. The molecule has 5 nitrogen and oxygen atoms in total. The van der Waals surface area contributed by atoms with E-state index in [0.717, 1.165) is 5.56 Å². The van der Waals surface area contributed by atoms with E-state index in [1.165, 1.54) is 0 Å². The van der Waals surface area contributed by atoms with Gasteiger partial charge in [0.15, 0.2) is 11.9 Å². The summed E-state index contributed by atoms with van der Waals surface area (Å²) >= 11 is 0. The maximum atomic E-state index is 12.8. The number of carbonyl (C=O) groups is 2. The lowest BCUT2D eigenvalue weighted by Gasteiger charge is -2.29. The number of ketones is 1. The van der Waals surface area contributed by atoms with Crippen LogP contribution in [0, 0.1) is 11.8 Å². The number of benzene rings is 2. The minimum Gasteiger partial charge on any atom is -0.451 e. The summed E-state index contributed by atoms with van der Waals surface area (Å²) in [6.45, 7) is 6.36. The lowest BCUT2D eigenvalue weighted by molar-refractivity contribution is -0.137. The molecule has 0 bridgehead atoms. The molecule has 0 aliphatic rings. The van der Waals surface area contributed by atoms with Crippen molar-refractivity contribution in [2.75, 3.05) is 13.7 Å². The van der Waals surface area contributed by atoms with Crippen LogP contribution in [-0.2, 0) is 25.6 Å². The number of carbonyl (C=O) groups excluding carboxylic acids is 2. The van der Waals surface area contributed by atoms with Crippen LogP contribution in [0.3, 0.4) is 0 Å². The molecule has 0 radical (unpaired) electrons. The summed E-state index contributed by atoms with van der Waals surface area (Å²) in [7, 11) is 1.59. The second kappa shape index (κ2) is 11.5. The van der Waals surface area contributed by atoms with Crippen LogP contribution >= 0.6 is 0 Å². The molecule has 0 amide bonds. The first kappa shape index (κ1) is 22.8. The van der Waals surface area contributed by atoms with E-state index in [1.54, 1.807) is 45.2 Å². The van der Waals surface area contributed by atoms with E-state index in [4.69, 9.17) is 14.2 Å². The first-order valence-corrected chi connectivity index (χ1v) is 9.88. The molecule has 0 aromatic heterocycles. The van der Waals surface area contributed by atoms with E-state index in [1.807, 2.05) is 43.3 Å². The highest BCUT2D eigenvalue weighted by Crippen LogP contribution is 2.21. The third kappa shape index (κ3) is 6.80. The minimum absolute atomic E-state index is 0.000290. The Morgan fingerprint density at radius 3 is 2.07 bits per heavy atom. The smallest absolute Gasteiger partial charge is 0.338 e. The fourth-order valence-electron chi connectivity index (χ4n) is 3.35. The van der Waals surface area contributed by atoms with Crippen LogP contribution in [0.25, 0.3) is 0 Å². The van der Waals surface area contributed by atoms with Crippen LogP contribution in [0.4, 0.5) is 0 Å². The molecule has 0 aliphatic heterocycles. The highest BCUT2D eigenvalue weighted by atomic mass is 16.5. The summed E-state index contributed by atoms with van der Waals surface area (Å²) < 4.78 is 16.8. The lowest BCUT2D eigenvalue weighted by Crippen LogP contribution is -2.40. The van der Waals surface area contributed by atoms with Crippen molar-refractivity contribution in [2.24, 2.45) is 11.8 Å². The molecular weight excluding hydrogens is 368 g/mol. The number of Topliss-reactive ketones (excluding diaryl/α,β-unsaturated/α-hetero) is 1. The van der Waals surface area contributed by atoms with Crippen molar-refractivity contribution in [1.82, 2.24) is 0 Å². The molecule has 4 atom stereocenters. The van der Waals surface area contributed by atoms with Crippen LogP contribution in [0.15, 0.2) is 60.7 Å². The Morgan fingerprint density at radius 1 is 0.897 bits per heavy atom. The van der Waals surface area contributed by atoms with Crippen LogP contribution in [0.5, 0.6) is 0 Å². The van der Waals surface area contributed by atoms with Crippen molar-refractivity contribution in [1.29, 1.82) is 0 Å². The zero-order valence-electron chi connectivity index (χ0n) is 17.5. The van der Waals surface area contributed by atoms with Crippen molar-refractivity contribution >= 4 is 11.8 Å². The summed E-state index contributed by atoms with van der Waals surface area (Å²) in [5, 5.41) is 0. The number of methoxy groups -OCH3 is 1. The van der Waals surface area contributed by atoms with Gasteiger partial charge in [-0.05, 0) is 24.6 Å². The van der Waals surface area contributed by atoms with Gasteiger partial charge in [-0.15, -0.1) is 0 Å². The zero-order valence-corrected chi connectivity index (χ0v) is 17.5. The fraction of sp³-hybridized carbons (Fsp3) is 0.417. The quantitative estimate of drug-likeness (QED) is 0.528. The normalized spacial score (nSPS) is 15.2. The third-order valence-corrected chi connectivity index (χ3v) is 4.96. The summed E-state index contributed by atoms with van der Waals surface area (Å²) in [4.78, 5) is 25.0. The number of hydrogen-bond donors (Lipinski definition) is 0. The molecule has 2 rings (SSSR count). The minimum atomic E-state index is -0.854. The van der Waals surface area contributed by atoms with E-state index >= 15 is 0 Å². The molecule has 3 unspecified atom stereocenters. The predicted octanol–water partition coefficient (Wildman–Crippen LogP) is 4.31. The van der Waals surface area contributed by atoms with Gasteiger partial charge in [0.2, 0.25) is 0 Å². The maximum Gasteiger partial charge on any atom is 0.338 e. The second-order valence-electron chi connectivity index (χ2n) is 7.28. The summed E-state index contributed by atoms with van der Waals surface area (Å²) in [6, 6.07) is 18.6. The monoisotopic (exact) mass is 398 g/mol. The van der Waals surface area contributed by atoms with Gasteiger partial charge in [-0.3, -0.25) is 4.79 Å². The molecule has 29 heavy (non-hydrogen) atoms. The highest BCUT2D eigenvalue weighted by Gasteiger charge is 2.33. The molecule has 156 valence electrons. The van der Waals surface area contributed by atoms with E-state index in [2.05, 4.69) is 0 Å². The third-order valence-electron chi connectivity index (χ3n) is 4.96. The van der Waals surface area contributed by atoms with E-state index < -0.39 is 18.0 Å².